The van der Waals surface area contributed by atoms with Crippen molar-refractivity contribution in [3.63, 3.8) is 0 Å². The maximum absolute atomic E-state index is 12.7. The maximum atomic E-state index is 12.7. The van der Waals surface area contributed by atoms with Gasteiger partial charge in [-0.2, -0.15) is 0 Å². The lowest BCUT2D eigenvalue weighted by Gasteiger charge is -2.16. The Balaban J connectivity index is 1.39. The Morgan fingerprint density at radius 2 is 1.56 bits per heavy atom. The van der Waals surface area contributed by atoms with Crippen LogP contribution >= 0.6 is 0 Å². The van der Waals surface area contributed by atoms with Gasteiger partial charge in [-0.15, -0.1) is 0 Å². The predicted octanol–water partition coefficient (Wildman–Crippen LogP) is 2.97. The molecule has 0 fully saturated rings. The Hall–Kier alpha value is -4.66. The van der Waals surface area contributed by atoms with Gasteiger partial charge in [-0.05, 0) is 47.5 Å². The number of nitrogens with one attached hydrogen (secondary N) is 1. The molecule has 0 spiro atoms. The summed E-state index contributed by atoms with van der Waals surface area (Å²) in [5.74, 6) is -1.14. The molecule has 9 heteroatoms. The lowest BCUT2D eigenvalue weighted by molar-refractivity contribution is -0.124. The molecule has 9 nitrogen and oxygen atoms in total. The molecule has 1 N–H and O–H groups in total. The lowest BCUT2D eigenvalue weighted by Crippen LogP contribution is -2.29. The zero-order chi connectivity index (χ0) is 25.7. The minimum Gasteiger partial charge on any atom is -0.497 e. The Morgan fingerprint density at radius 3 is 2.22 bits per heavy atom. The quantitative estimate of drug-likeness (QED) is 0.364. The molecular weight excluding hydrogens is 464 g/mol. The number of nitrogens with zero attached hydrogens (tertiary/aromatic N) is 1. The lowest BCUT2D eigenvalue weighted by atomic mass is 10.1. The average Bonchev–Trinajstić information content (AvgIpc) is 3.15. The van der Waals surface area contributed by atoms with Crippen molar-refractivity contribution in [1.29, 1.82) is 0 Å². The highest BCUT2D eigenvalue weighted by atomic mass is 16.5. The number of carbonyl (C=O) groups is 4. The predicted molar refractivity (Wildman–Crippen MR) is 129 cm³/mol. The van der Waals surface area contributed by atoms with Gasteiger partial charge in [0.05, 0.1) is 31.9 Å². The third kappa shape index (κ3) is 5.20. The molecule has 3 aromatic carbocycles. The summed E-state index contributed by atoms with van der Waals surface area (Å²) in [7, 11) is 2.96. The van der Waals surface area contributed by atoms with Crippen molar-refractivity contribution in [3.05, 3.63) is 94.5 Å². The van der Waals surface area contributed by atoms with E-state index in [9.17, 15) is 19.2 Å². The molecule has 0 aliphatic carbocycles. The highest BCUT2D eigenvalue weighted by Gasteiger charge is 2.35. The van der Waals surface area contributed by atoms with E-state index in [4.69, 9.17) is 14.2 Å². The van der Waals surface area contributed by atoms with E-state index in [-0.39, 0.29) is 24.4 Å². The SMILES string of the molecule is COc1cccc(CNC(=O)COC(=O)c2cc(CN3C(=O)c4ccccc4C3=O)ccc2OC)c1. The number of imide groups is 1. The Kier molecular flexibility index (Phi) is 7.29. The van der Waals surface area contributed by atoms with Gasteiger partial charge in [-0.3, -0.25) is 19.3 Å². The van der Waals surface area contributed by atoms with Crippen LogP contribution in [-0.2, 0) is 22.6 Å². The molecule has 0 unspecified atom stereocenters. The van der Waals surface area contributed by atoms with Crippen LogP contribution in [0.15, 0.2) is 66.7 Å². The van der Waals surface area contributed by atoms with Crippen LogP contribution < -0.4 is 14.8 Å². The topological polar surface area (TPSA) is 111 Å². The number of carbonyl (C=O) groups excluding carboxylic acids is 4. The largest absolute Gasteiger partial charge is 0.497 e. The van der Waals surface area contributed by atoms with Gasteiger partial charge in [0.15, 0.2) is 6.61 Å². The van der Waals surface area contributed by atoms with Crippen molar-refractivity contribution < 1.29 is 33.4 Å². The number of benzene rings is 3. The number of fused-ring (bicyclic) bond motifs is 1. The molecule has 36 heavy (non-hydrogen) atoms. The minimum atomic E-state index is -0.771. The van der Waals surface area contributed by atoms with Crippen molar-refractivity contribution in [2.24, 2.45) is 0 Å². The molecule has 184 valence electrons. The summed E-state index contributed by atoms with van der Waals surface area (Å²) in [4.78, 5) is 51.4. The highest BCUT2D eigenvalue weighted by Crippen LogP contribution is 2.26. The summed E-state index contributed by atoms with van der Waals surface area (Å²) in [6.45, 7) is -0.279. The number of hydrogen-bond acceptors (Lipinski definition) is 7. The van der Waals surface area contributed by atoms with E-state index in [2.05, 4.69) is 5.32 Å². The van der Waals surface area contributed by atoms with Gasteiger partial charge in [-0.1, -0.05) is 30.3 Å². The fraction of sp³-hybridized carbons (Fsp3) is 0.185. The van der Waals surface area contributed by atoms with Crippen LogP contribution in [0.2, 0.25) is 0 Å². The van der Waals surface area contributed by atoms with E-state index >= 15 is 0 Å². The van der Waals surface area contributed by atoms with E-state index in [0.29, 0.717) is 22.4 Å². The standard InChI is InChI=1S/C27H24N2O7/c1-34-19-7-5-6-17(12-19)14-28-24(30)16-36-27(33)22-13-18(10-11-23(22)35-2)15-29-25(31)20-8-3-4-9-21(20)26(29)32/h3-13H,14-16H2,1-2H3,(H,28,30). The van der Waals surface area contributed by atoms with Gasteiger partial charge in [0, 0.05) is 6.54 Å². The zero-order valence-electron chi connectivity index (χ0n) is 19.8. The van der Waals surface area contributed by atoms with E-state index in [1.165, 1.54) is 13.2 Å². The fourth-order valence-corrected chi connectivity index (χ4v) is 3.82. The van der Waals surface area contributed by atoms with Gasteiger partial charge < -0.3 is 19.5 Å². The van der Waals surface area contributed by atoms with E-state index in [1.54, 1.807) is 55.6 Å². The highest BCUT2D eigenvalue weighted by molar-refractivity contribution is 6.21. The first-order valence-corrected chi connectivity index (χ1v) is 11.1. The van der Waals surface area contributed by atoms with E-state index < -0.39 is 30.3 Å². The number of amides is 3. The van der Waals surface area contributed by atoms with Gasteiger partial charge in [-0.25, -0.2) is 4.79 Å². The fourth-order valence-electron chi connectivity index (χ4n) is 3.82. The maximum Gasteiger partial charge on any atom is 0.342 e. The normalized spacial score (nSPS) is 12.2. The van der Waals surface area contributed by atoms with Gasteiger partial charge in [0.2, 0.25) is 0 Å². The number of esters is 1. The summed E-state index contributed by atoms with van der Waals surface area (Å²) in [5, 5.41) is 2.68. The van der Waals surface area contributed by atoms with Crippen molar-refractivity contribution in [2.45, 2.75) is 13.1 Å². The van der Waals surface area contributed by atoms with Crippen LogP contribution in [-0.4, -0.2) is 49.4 Å². The number of methoxy groups -OCH3 is 2. The number of ether oxygens (including phenoxy) is 3. The van der Waals surface area contributed by atoms with Crippen molar-refractivity contribution in [1.82, 2.24) is 10.2 Å². The average molecular weight is 488 g/mol. The molecule has 0 atom stereocenters. The van der Waals surface area contributed by atoms with E-state index in [0.717, 1.165) is 10.5 Å². The minimum absolute atomic E-state index is 0.0301. The van der Waals surface area contributed by atoms with E-state index in [1.807, 2.05) is 12.1 Å². The second kappa shape index (κ2) is 10.7. The first-order valence-electron chi connectivity index (χ1n) is 11.1. The van der Waals surface area contributed by atoms with Crippen LogP contribution in [0.5, 0.6) is 11.5 Å². The Bertz CT molecular complexity index is 1300. The Morgan fingerprint density at radius 1 is 0.833 bits per heavy atom. The molecule has 1 aliphatic heterocycles. The molecule has 0 saturated heterocycles. The number of rotatable bonds is 9. The molecule has 0 aromatic heterocycles. The van der Waals surface area contributed by atoms with Crippen molar-refractivity contribution >= 4 is 23.7 Å². The van der Waals surface area contributed by atoms with Crippen LogP contribution in [0.1, 0.15) is 42.2 Å². The van der Waals surface area contributed by atoms with Crippen molar-refractivity contribution in [3.8, 4) is 11.5 Å². The summed E-state index contributed by atoms with van der Waals surface area (Å²) in [6, 6.07) is 18.5. The number of hydrogen-bond donors (Lipinski definition) is 1. The van der Waals surface area contributed by atoms with Crippen LogP contribution in [0.3, 0.4) is 0 Å². The molecular formula is C27H24N2O7. The molecule has 1 aliphatic rings. The Labute approximate surface area is 207 Å². The zero-order valence-corrected chi connectivity index (χ0v) is 19.8. The third-order valence-electron chi connectivity index (χ3n) is 5.66. The summed E-state index contributed by atoms with van der Waals surface area (Å²) < 4.78 is 15.6. The summed E-state index contributed by atoms with van der Waals surface area (Å²) in [6.07, 6.45) is 0. The summed E-state index contributed by atoms with van der Waals surface area (Å²) >= 11 is 0. The molecule has 3 amide bonds. The van der Waals surface area contributed by atoms with Gasteiger partial charge >= 0.3 is 5.97 Å². The molecule has 0 radical (unpaired) electrons. The molecule has 1 heterocycles. The summed E-state index contributed by atoms with van der Waals surface area (Å²) in [5.41, 5.74) is 2.12. The van der Waals surface area contributed by atoms with Crippen molar-refractivity contribution in [2.75, 3.05) is 20.8 Å². The molecule has 0 saturated carbocycles. The van der Waals surface area contributed by atoms with Crippen LogP contribution in [0.25, 0.3) is 0 Å². The molecule has 0 bridgehead atoms. The monoisotopic (exact) mass is 488 g/mol. The molecule has 4 rings (SSSR count). The first kappa shape index (κ1) is 24.5. The first-order chi connectivity index (χ1) is 17.4. The van der Waals surface area contributed by atoms with Crippen LogP contribution in [0.4, 0.5) is 0 Å². The second-order valence-electron chi connectivity index (χ2n) is 7.98. The van der Waals surface area contributed by atoms with Crippen LogP contribution in [0, 0.1) is 0 Å². The second-order valence-corrected chi connectivity index (χ2v) is 7.98. The molecule has 3 aromatic rings. The van der Waals surface area contributed by atoms with Gasteiger partial charge in [0.25, 0.3) is 17.7 Å². The third-order valence-corrected chi connectivity index (χ3v) is 5.66. The smallest absolute Gasteiger partial charge is 0.342 e. The van der Waals surface area contributed by atoms with Gasteiger partial charge in [0.1, 0.15) is 17.1 Å².